The van der Waals surface area contributed by atoms with Crippen molar-refractivity contribution >= 4 is 17.4 Å². The second kappa shape index (κ2) is 6.32. The van der Waals surface area contributed by atoms with Crippen LogP contribution in [0.1, 0.15) is 22.4 Å². The van der Waals surface area contributed by atoms with Crippen LogP contribution in [0.15, 0.2) is 66.2 Å². The van der Waals surface area contributed by atoms with E-state index in [0.29, 0.717) is 0 Å². The number of benzene rings is 2. The highest BCUT2D eigenvalue weighted by Crippen LogP contribution is 2.45. The Kier molecular flexibility index (Phi) is 3.61. The van der Waals surface area contributed by atoms with E-state index in [4.69, 9.17) is 9.47 Å². The van der Waals surface area contributed by atoms with Crippen molar-refractivity contribution in [1.82, 2.24) is 15.2 Å². The lowest BCUT2D eigenvalue weighted by Crippen LogP contribution is -2.30. The number of allylic oxidation sites excluding steroid dienone is 1. The lowest BCUT2D eigenvalue weighted by atomic mass is 9.68. The third kappa shape index (κ3) is 2.53. The van der Waals surface area contributed by atoms with Crippen molar-refractivity contribution in [2.75, 3.05) is 6.79 Å². The largest absolute Gasteiger partial charge is 0.454 e. The van der Waals surface area contributed by atoms with Gasteiger partial charge >= 0.3 is 0 Å². The van der Waals surface area contributed by atoms with Gasteiger partial charge in [-0.05, 0) is 23.3 Å². The molecule has 1 atom stereocenters. The molecule has 4 aromatic rings. The van der Waals surface area contributed by atoms with Gasteiger partial charge in [-0.25, -0.2) is 4.98 Å². The number of aromatic nitrogens is 3. The van der Waals surface area contributed by atoms with Crippen LogP contribution in [0.5, 0.6) is 11.5 Å². The van der Waals surface area contributed by atoms with Gasteiger partial charge in [-0.1, -0.05) is 48.6 Å². The zero-order valence-corrected chi connectivity index (χ0v) is 16.3. The van der Waals surface area contributed by atoms with Gasteiger partial charge in [0.15, 0.2) is 11.5 Å². The second-order valence-electron chi connectivity index (χ2n) is 7.22. The van der Waals surface area contributed by atoms with E-state index in [1.54, 1.807) is 11.3 Å². The Hall–Kier alpha value is -3.38. The predicted octanol–water partition coefficient (Wildman–Crippen LogP) is 4.82. The van der Waals surface area contributed by atoms with Crippen LogP contribution in [-0.4, -0.2) is 22.0 Å². The molecule has 6 heteroatoms. The number of rotatable bonds is 3. The topological polar surface area (TPSA) is 60.0 Å². The summed E-state index contributed by atoms with van der Waals surface area (Å²) in [6, 6.07) is 16.8. The third-order valence-electron chi connectivity index (χ3n) is 5.68. The molecule has 3 heterocycles. The Morgan fingerprint density at radius 2 is 1.90 bits per heavy atom. The molecule has 1 N–H and O–H groups in total. The Morgan fingerprint density at radius 1 is 1.00 bits per heavy atom. The highest BCUT2D eigenvalue weighted by atomic mass is 32.1. The smallest absolute Gasteiger partial charge is 0.231 e. The van der Waals surface area contributed by atoms with E-state index in [0.717, 1.165) is 39.9 Å². The molecule has 1 aliphatic carbocycles. The second-order valence-corrected chi connectivity index (χ2v) is 8.11. The summed E-state index contributed by atoms with van der Waals surface area (Å²) in [5.41, 5.74) is 5.22. The van der Waals surface area contributed by atoms with Crippen molar-refractivity contribution < 1.29 is 9.47 Å². The van der Waals surface area contributed by atoms with Crippen LogP contribution in [0.4, 0.5) is 0 Å². The number of fused-ring (bicyclic) bond motifs is 2. The summed E-state index contributed by atoms with van der Waals surface area (Å²) in [6.07, 6.45) is 7.06. The molecule has 1 aliphatic heterocycles. The summed E-state index contributed by atoms with van der Waals surface area (Å²) in [5, 5.41) is 10.8. The number of hydrogen-bond acceptors (Lipinski definition) is 5. The third-order valence-corrected chi connectivity index (χ3v) is 6.46. The van der Waals surface area contributed by atoms with E-state index in [1.807, 2.05) is 23.7 Å². The van der Waals surface area contributed by atoms with Crippen molar-refractivity contribution in [3.05, 3.63) is 88.6 Å². The van der Waals surface area contributed by atoms with Gasteiger partial charge in [0.2, 0.25) is 6.79 Å². The molecule has 0 saturated heterocycles. The van der Waals surface area contributed by atoms with Crippen LogP contribution in [0.3, 0.4) is 0 Å². The molecular formula is C23H17N3O2S. The summed E-state index contributed by atoms with van der Waals surface area (Å²) >= 11 is 1.60. The van der Waals surface area contributed by atoms with E-state index in [9.17, 15) is 0 Å². The van der Waals surface area contributed by atoms with Gasteiger partial charge in [0.1, 0.15) is 10.7 Å². The lowest BCUT2D eigenvalue weighted by Gasteiger charge is -2.34. The highest BCUT2D eigenvalue weighted by Gasteiger charge is 2.37. The molecule has 0 spiro atoms. The number of thiazole rings is 1. The van der Waals surface area contributed by atoms with Gasteiger partial charge in [-0.15, -0.1) is 11.3 Å². The SMILES string of the molecule is C1=CC(c2ccccc2)(c2ccc3c(c2)OCO3)Cc2[nH]nc(-c3nccs3)c21. The number of nitrogens with zero attached hydrogens (tertiary/aromatic N) is 2. The molecule has 2 aromatic heterocycles. The number of hydrogen-bond donors (Lipinski definition) is 1. The first-order valence-corrected chi connectivity index (χ1v) is 10.3. The first-order chi connectivity index (χ1) is 14.3. The molecule has 2 aliphatic rings. The molecule has 142 valence electrons. The van der Waals surface area contributed by atoms with Crippen molar-refractivity contribution in [1.29, 1.82) is 0 Å². The average molecular weight is 399 g/mol. The Morgan fingerprint density at radius 3 is 2.76 bits per heavy atom. The normalized spacial score (nSPS) is 19.3. The van der Waals surface area contributed by atoms with E-state index >= 15 is 0 Å². The molecule has 6 rings (SSSR count). The Bertz CT molecular complexity index is 1210. The summed E-state index contributed by atoms with van der Waals surface area (Å²) < 4.78 is 11.2. The molecular weight excluding hydrogens is 382 g/mol. The number of ether oxygens (including phenoxy) is 2. The first-order valence-electron chi connectivity index (χ1n) is 9.45. The van der Waals surface area contributed by atoms with Crippen molar-refractivity contribution in [2.24, 2.45) is 0 Å². The first kappa shape index (κ1) is 16.6. The minimum atomic E-state index is -0.318. The van der Waals surface area contributed by atoms with Gasteiger partial charge < -0.3 is 9.47 Å². The van der Waals surface area contributed by atoms with Crippen LogP contribution in [0.25, 0.3) is 16.8 Å². The van der Waals surface area contributed by atoms with Crippen LogP contribution < -0.4 is 9.47 Å². The molecule has 0 amide bonds. The fraction of sp³-hybridized carbons (Fsp3) is 0.130. The zero-order valence-electron chi connectivity index (χ0n) is 15.5. The van der Waals surface area contributed by atoms with Crippen LogP contribution in [0.2, 0.25) is 0 Å². The molecule has 5 nitrogen and oxygen atoms in total. The van der Waals surface area contributed by atoms with Crippen molar-refractivity contribution in [3.63, 3.8) is 0 Å². The van der Waals surface area contributed by atoms with E-state index in [1.165, 1.54) is 11.1 Å². The average Bonchev–Trinajstić information content (AvgIpc) is 3.53. The van der Waals surface area contributed by atoms with Crippen LogP contribution >= 0.6 is 11.3 Å². The van der Waals surface area contributed by atoms with Crippen LogP contribution in [0, 0.1) is 0 Å². The number of nitrogens with one attached hydrogen (secondary N) is 1. The van der Waals surface area contributed by atoms with Crippen molar-refractivity contribution in [2.45, 2.75) is 11.8 Å². The fourth-order valence-corrected chi connectivity index (χ4v) is 4.88. The van der Waals surface area contributed by atoms with Gasteiger partial charge in [-0.3, -0.25) is 5.10 Å². The number of H-pyrrole nitrogens is 1. The van der Waals surface area contributed by atoms with Gasteiger partial charge in [0, 0.05) is 34.7 Å². The summed E-state index contributed by atoms with van der Waals surface area (Å²) in [5.74, 6) is 1.59. The zero-order chi connectivity index (χ0) is 19.3. The lowest BCUT2D eigenvalue weighted by molar-refractivity contribution is 0.174. The Balaban J connectivity index is 1.51. The molecule has 0 radical (unpaired) electrons. The van der Waals surface area contributed by atoms with Crippen molar-refractivity contribution in [3.8, 4) is 22.2 Å². The maximum absolute atomic E-state index is 5.66. The van der Waals surface area contributed by atoms with E-state index in [2.05, 4.69) is 63.7 Å². The summed E-state index contributed by atoms with van der Waals surface area (Å²) in [4.78, 5) is 4.43. The minimum Gasteiger partial charge on any atom is -0.454 e. The number of aromatic amines is 1. The maximum Gasteiger partial charge on any atom is 0.231 e. The standard InChI is InChI=1S/C23H17N3O2S/c1-2-4-15(5-3-1)23(16-6-7-19-20(12-16)28-14-27-19)9-8-17-18(13-23)25-26-21(17)22-24-10-11-29-22/h1-12H,13-14H2,(H,25,26). The van der Waals surface area contributed by atoms with Gasteiger partial charge in [0.25, 0.3) is 0 Å². The summed E-state index contributed by atoms with van der Waals surface area (Å²) in [7, 11) is 0. The molecule has 2 aromatic carbocycles. The highest BCUT2D eigenvalue weighted by molar-refractivity contribution is 7.13. The van der Waals surface area contributed by atoms with Gasteiger partial charge in [0.05, 0.1) is 0 Å². The Labute approximate surface area is 171 Å². The molecule has 1 unspecified atom stereocenters. The monoisotopic (exact) mass is 399 g/mol. The fourth-order valence-electron chi connectivity index (χ4n) is 4.24. The molecule has 0 fully saturated rings. The molecule has 0 bridgehead atoms. The van der Waals surface area contributed by atoms with Gasteiger partial charge in [-0.2, -0.15) is 5.10 Å². The molecule has 29 heavy (non-hydrogen) atoms. The van der Waals surface area contributed by atoms with E-state index < -0.39 is 0 Å². The summed E-state index contributed by atoms with van der Waals surface area (Å²) in [6.45, 7) is 0.273. The van der Waals surface area contributed by atoms with Crippen LogP contribution in [-0.2, 0) is 11.8 Å². The minimum absolute atomic E-state index is 0.273. The predicted molar refractivity (Wildman–Crippen MR) is 112 cm³/mol. The molecule has 0 saturated carbocycles. The quantitative estimate of drug-likeness (QED) is 0.537. The van der Waals surface area contributed by atoms with E-state index in [-0.39, 0.29) is 12.2 Å². The maximum atomic E-state index is 5.66.